The average Bonchev–Trinajstić information content (AvgIpc) is 2.81. The van der Waals surface area contributed by atoms with Crippen molar-refractivity contribution in [2.24, 2.45) is 5.73 Å². The number of carbonyl (C=O) groups is 1. The number of nitrogens with two attached hydrogens (primary N) is 1. The van der Waals surface area contributed by atoms with Gasteiger partial charge in [0.05, 0.1) is 5.54 Å². The molecule has 76 valence electrons. The zero-order valence-electron chi connectivity index (χ0n) is 8.60. The van der Waals surface area contributed by atoms with Crippen LogP contribution >= 0.6 is 0 Å². The van der Waals surface area contributed by atoms with E-state index in [2.05, 4.69) is 12.2 Å². The van der Waals surface area contributed by atoms with Crippen LogP contribution in [0.5, 0.6) is 0 Å². The smallest absolute Gasteiger partial charge is 0.240 e. The molecule has 0 aromatic heterocycles. The van der Waals surface area contributed by atoms with Crippen molar-refractivity contribution in [3.8, 4) is 0 Å². The van der Waals surface area contributed by atoms with Gasteiger partial charge >= 0.3 is 0 Å². The first-order chi connectivity index (χ1) is 6.08. The van der Waals surface area contributed by atoms with Crippen LogP contribution in [0, 0.1) is 0 Å². The van der Waals surface area contributed by atoms with E-state index in [0.29, 0.717) is 0 Å². The van der Waals surface area contributed by atoms with E-state index in [9.17, 15) is 4.79 Å². The SMILES string of the molecule is CCCCC(C)NC(=O)C1(N)CC1. The molecule has 1 fully saturated rings. The molecule has 0 aromatic rings. The number of hydrogen-bond acceptors (Lipinski definition) is 2. The maximum atomic E-state index is 11.5. The lowest BCUT2D eigenvalue weighted by atomic mass is 10.1. The van der Waals surface area contributed by atoms with E-state index in [4.69, 9.17) is 5.73 Å². The third kappa shape index (κ3) is 2.99. The van der Waals surface area contributed by atoms with E-state index in [1.165, 1.54) is 12.8 Å². The summed E-state index contributed by atoms with van der Waals surface area (Å²) in [4.78, 5) is 11.5. The summed E-state index contributed by atoms with van der Waals surface area (Å²) >= 11 is 0. The molecule has 3 heteroatoms. The van der Waals surface area contributed by atoms with Crippen LogP contribution in [0.1, 0.15) is 46.0 Å². The van der Waals surface area contributed by atoms with Crippen molar-refractivity contribution in [3.05, 3.63) is 0 Å². The first kappa shape index (κ1) is 10.5. The zero-order valence-corrected chi connectivity index (χ0v) is 8.60. The van der Waals surface area contributed by atoms with Crippen molar-refractivity contribution in [3.63, 3.8) is 0 Å². The zero-order chi connectivity index (χ0) is 9.90. The predicted octanol–water partition coefficient (Wildman–Crippen LogP) is 1.17. The van der Waals surface area contributed by atoms with Crippen molar-refractivity contribution in [2.45, 2.75) is 57.5 Å². The molecular weight excluding hydrogens is 164 g/mol. The van der Waals surface area contributed by atoms with Gasteiger partial charge in [-0.05, 0) is 26.2 Å². The summed E-state index contributed by atoms with van der Waals surface area (Å²) in [5.41, 5.74) is 5.24. The summed E-state index contributed by atoms with van der Waals surface area (Å²) in [7, 11) is 0. The van der Waals surface area contributed by atoms with E-state index in [1.807, 2.05) is 6.92 Å². The van der Waals surface area contributed by atoms with Gasteiger partial charge in [-0.1, -0.05) is 19.8 Å². The van der Waals surface area contributed by atoms with Crippen LogP contribution in [-0.4, -0.2) is 17.5 Å². The number of amides is 1. The average molecular weight is 184 g/mol. The summed E-state index contributed by atoms with van der Waals surface area (Å²) in [5.74, 6) is 0.0381. The first-order valence-corrected chi connectivity index (χ1v) is 5.18. The highest BCUT2D eigenvalue weighted by Gasteiger charge is 2.46. The van der Waals surface area contributed by atoms with Crippen LogP contribution in [0.25, 0.3) is 0 Å². The Morgan fingerprint density at radius 1 is 1.62 bits per heavy atom. The number of unbranched alkanes of at least 4 members (excludes halogenated alkanes) is 1. The maximum Gasteiger partial charge on any atom is 0.240 e. The number of nitrogens with one attached hydrogen (secondary N) is 1. The molecule has 3 nitrogen and oxygen atoms in total. The Morgan fingerprint density at radius 3 is 2.69 bits per heavy atom. The van der Waals surface area contributed by atoms with Crippen LogP contribution < -0.4 is 11.1 Å². The molecule has 1 atom stereocenters. The highest BCUT2D eigenvalue weighted by Crippen LogP contribution is 2.32. The largest absolute Gasteiger partial charge is 0.352 e. The van der Waals surface area contributed by atoms with Crippen molar-refractivity contribution >= 4 is 5.91 Å². The van der Waals surface area contributed by atoms with E-state index >= 15 is 0 Å². The normalized spacial score (nSPS) is 20.8. The topological polar surface area (TPSA) is 55.1 Å². The molecule has 0 heterocycles. The second-order valence-electron chi connectivity index (χ2n) is 4.17. The fourth-order valence-electron chi connectivity index (χ4n) is 1.31. The van der Waals surface area contributed by atoms with Crippen molar-refractivity contribution < 1.29 is 4.79 Å². The van der Waals surface area contributed by atoms with Gasteiger partial charge in [0.2, 0.25) is 5.91 Å². The van der Waals surface area contributed by atoms with Gasteiger partial charge in [-0.2, -0.15) is 0 Å². The molecule has 13 heavy (non-hydrogen) atoms. The van der Waals surface area contributed by atoms with Gasteiger partial charge in [-0.15, -0.1) is 0 Å². The summed E-state index contributed by atoms with van der Waals surface area (Å²) < 4.78 is 0. The van der Waals surface area contributed by atoms with Crippen LogP contribution in [0.2, 0.25) is 0 Å². The Balaban J connectivity index is 2.19. The van der Waals surface area contributed by atoms with Gasteiger partial charge in [-0.25, -0.2) is 0 Å². The van der Waals surface area contributed by atoms with Gasteiger partial charge in [0.15, 0.2) is 0 Å². The number of hydrogen-bond donors (Lipinski definition) is 2. The minimum atomic E-state index is -0.513. The molecule has 1 saturated carbocycles. The number of rotatable bonds is 5. The quantitative estimate of drug-likeness (QED) is 0.674. The van der Waals surface area contributed by atoms with Crippen LogP contribution in [0.3, 0.4) is 0 Å². The van der Waals surface area contributed by atoms with Gasteiger partial charge in [0, 0.05) is 6.04 Å². The van der Waals surface area contributed by atoms with E-state index in [-0.39, 0.29) is 11.9 Å². The highest BCUT2D eigenvalue weighted by molar-refractivity contribution is 5.89. The summed E-state index contributed by atoms with van der Waals surface area (Å²) in [6.45, 7) is 4.19. The Morgan fingerprint density at radius 2 is 2.23 bits per heavy atom. The maximum absolute atomic E-state index is 11.5. The molecular formula is C10H20N2O. The lowest BCUT2D eigenvalue weighted by Gasteiger charge is -2.16. The summed E-state index contributed by atoms with van der Waals surface area (Å²) in [5, 5.41) is 2.95. The molecule has 0 spiro atoms. The monoisotopic (exact) mass is 184 g/mol. The third-order valence-corrected chi connectivity index (χ3v) is 2.61. The minimum Gasteiger partial charge on any atom is -0.352 e. The molecule has 1 aliphatic carbocycles. The first-order valence-electron chi connectivity index (χ1n) is 5.18. The van der Waals surface area contributed by atoms with E-state index in [0.717, 1.165) is 19.3 Å². The number of carbonyl (C=O) groups excluding carboxylic acids is 1. The van der Waals surface area contributed by atoms with E-state index in [1.54, 1.807) is 0 Å². The fourth-order valence-corrected chi connectivity index (χ4v) is 1.31. The summed E-state index contributed by atoms with van der Waals surface area (Å²) in [6.07, 6.45) is 5.09. The Labute approximate surface area is 80.1 Å². The molecule has 1 rings (SSSR count). The van der Waals surface area contributed by atoms with Crippen LogP contribution in [0.15, 0.2) is 0 Å². The van der Waals surface area contributed by atoms with Crippen molar-refractivity contribution in [2.75, 3.05) is 0 Å². The van der Waals surface area contributed by atoms with Crippen LogP contribution in [-0.2, 0) is 4.79 Å². The molecule has 1 aliphatic rings. The molecule has 1 amide bonds. The van der Waals surface area contributed by atoms with Gasteiger partial charge in [0.1, 0.15) is 0 Å². The molecule has 0 radical (unpaired) electrons. The summed E-state index contributed by atoms with van der Waals surface area (Å²) in [6, 6.07) is 0.272. The molecule has 3 N–H and O–H groups in total. The fraction of sp³-hybridized carbons (Fsp3) is 0.900. The second-order valence-corrected chi connectivity index (χ2v) is 4.17. The molecule has 0 aromatic carbocycles. The predicted molar refractivity (Wildman–Crippen MR) is 53.3 cm³/mol. The molecule has 0 bridgehead atoms. The van der Waals surface area contributed by atoms with Gasteiger partial charge < -0.3 is 11.1 Å². The third-order valence-electron chi connectivity index (χ3n) is 2.61. The van der Waals surface area contributed by atoms with Crippen LogP contribution in [0.4, 0.5) is 0 Å². The van der Waals surface area contributed by atoms with E-state index < -0.39 is 5.54 Å². The second kappa shape index (κ2) is 4.09. The highest BCUT2D eigenvalue weighted by atomic mass is 16.2. The lowest BCUT2D eigenvalue weighted by molar-refractivity contribution is -0.123. The standard InChI is InChI=1S/C10H20N2O/c1-3-4-5-8(2)12-9(13)10(11)6-7-10/h8H,3-7,11H2,1-2H3,(H,12,13). The van der Waals surface area contributed by atoms with Gasteiger partial charge in [0.25, 0.3) is 0 Å². The molecule has 0 aliphatic heterocycles. The lowest BCUT2D eigenvalue weighted by Crippen LogP contribution is -2.46. The van der Waals surface area contributed by atoms with Crippen molar-refractivity contribution in [1.29, 1.82) is 0 Å². The Bertz CT molecular complexity index is 187. The Hall–Kier alpha value is -0.570. The molecule has 1 unspecified atom stereocenters. The molecule has 0 saturated heterocycles. The van der Waals surface area contributed by atoms with Gasteiger partial charge in [-0.3, -0.25) is 4.79 Å². The Kier molecular flexibility index (Phi) is 3.31. The minimum absolute atomic E-state index is 0.0381. The van der Waals surface area contributed by atoms with Crippen molar-refractivity contribution in [1.82, 2.24) is 5.32 Å².